The van der Waals surface area contributed by atoms with E-state index in [1.54, 1.807) is 11.8 Å². The summed E-state index contributed by atoms with van der Waals surface area (Å²) in [6.07, 6.45) is 5.77. The van der Waals surface area contributed by atoms with Gasteiger partial charge >= 0.3 is 0 Å². The predicted octanol–water partition coefficient (Wildman–Crippen LogP) is 3.70. The van der Waals surface area contributed by atoms with Crippen LogP contribution in [0.4, 0.5) is 5.69 Å². The molecule has 150 valence electrons. The fourth-order valence-electron chi connectivity index (χ4n) is 3.93. The Kier molecular flexibility index (Phi) is 5.62. The Morgan fingerprint density at radius 2 is 2.00 bits per heavy atom. The highest BCUT2D eigenvalue weighted by Crippen LogP contribution is 2.30. The van der Waals surface area contributed by atoms with Gasteiger partial charge in [0.05, 0.1) is 19.3 Å². The van der Waals surface area contributed by atoms with Gasteiger partial charge in [0.25, 0.3) is 0 Å². The minimum Gasteiger partial charge on any atom is -0.497 e. The maximum Gasteiger partial charge on any atom is 0.241 e. The van der Waals surface area contributed by atoms with Gasteiger partial charge in [-0.1, -0.05) is 30.3 Å². The van der Waals surface area contributed by atoms with E-state index in [0.717, 1.165) is 54.1 Å². The van der Waals surface area contributed by atoms with Crippen molar-refractivity contribution in [1.29, 1.82) is 0 Å². The van der Waals surface area contributed by atoms with Crippen molar-refractivity contribution in [2.45, 2.75) is 25.4 Å². The monoisotopic (exact) mass is 390 g/mol. The molecule has 1 aromatic heterocycles. The summed E-state index contributed by atoms with van der Waals surface area (Å²) in [4.78, 5) is 15.3. The van der Waals surface area contributed by atoms with Crippen LogP contribution in [0, 0.1) is 0 Å². The molecular weight excluding hydrogens is 364 g/mol. The standard InChI is InChI=1S/C23H26N4O2/c1-26-15-17(14-24-26)16-27-13-5-8-22(27)23(28)25-21-7-4-3-6-20(21)18-9-11-19(29-2)12-10-18/h3-4,6-7,9-12,14-15,22H,5,8,13,16H2,1-2H3,(H,25,28)/t22-/m0/s1. The van der Waals surface area contributed by atoms with Crippen molar-refractivity contribution in [3.05, 3.63) is 66.5 Å². The van der Waals surface area contributed by atoms with Crippen molar-refractivity contribution in [2.75, 3.05) is 19.0 Å². The second-order valence-electron chi connectivity index (χ2n) is 7.41. The van der Waals surface area contributed by atoms with Crippen molar-refractivity contribution in [3.63, 3.8) is 0 Å². The van der Waals surface area contributed by atoms with Crippen molar-refractivity contribution in [1.82, 2.24) is 14.7 Å². The predicted molar refractivity (Wildman–Crippen MR) is 114 cm³/mol. The molecular formula is C23H26N4O2. The molecule has 0 unspecified atom stereocenters. The molecule has 29 heavy (non-hydrogen) atoms. The number of aryl methyl sites for hydroxylation is 1. The fourth-order valence-corrected chi connectivity index (χ4v) is 3.93. The third kappa shape index (κ3) is 4.32. The van der Waals surface area contributed by atoms with Crippen molar-refractivity contribution in [2.24, 2.45) is 7.05 Å². The minimum atomic E-state index is -0.126. The lowest BCUT2D eigenvalue weighted by atomic mass is 10.0. The fraction of sp³-hybridized carbons (Fsp3) is 0.304. The zero-order chi connectivity index (χ0) is 20.2. The first-order valence-electron chi connectivity index (χ1n) is 9.90. The molecule has 1 atom stereocenters. The molecule has 1 fully saturated rings. The summed E-state index contributed by atoms with van der Waals surface area (Å²) >= 11 is 0. The highest BCUT2D eigenvalue weighted by Gasteiger charge is 2.31. The summed E-state index contributed by atoms with van der Waals surface area (Å²) in [6.45, 7) is 1.67. The first kappa shape index (κ1) is 19.2. The maximum atomic E-state index is 13.1. The number of hydrogen-bond donors (Lipinski definition) is 1. The molecule has 0 radical (unpaired) electrons. The van der Waals surface area contributed by atoms with Gasteiger partial charge in [0, 0.05) is 36.6 Å². The van der Waals surface area contributed by atoms with E-state index in [-0.39, 0.29) is 11.9 Å². The first-order valence-corrected chi connectivity index (χ1v) is 9.90. The van der Waals surface area contributed by atoms with Crippen LogP contribution in [0.15, 0.2) is 60.9 Å². The Bertz CT molecular complexity index is 981. The molecule has 1 amide bonds. The summed E-state index contributed by atoms with van der Waals surface area (Å²) in [5, 5.41) is 7.40. The van der Waals surface area contributed by atoms with Gasteiger partial charge in [-0.3, -0.25) is 14.4 Å². The van der Waals surface area contributed by atoms with E-state index in [1.165, 1.54) is 0 Å². The van der Waals surface area contributed by atoms with Gasteiger partial charge in [-0.05, 0) is 43.1 Å². The SMILES string of the molecule is COc1ccc(-c2ccccc2NC(=O)[C@@H]2CCCN2Cc2cnn(C)c2)cc1. The summed E-state index contributed by atoms with van der Waals surface area (Å²) in [6, 6.07) is 15.7. The number of amides is 1. The molecule has 0 saturated carbocycles. The van der Waals surface area contributed by atoms with E-state index in [0.29, 0.717) is 0 Å². The topological polar surface area (TPSA) is 59.4 Å². The summed E-state index contributed by atoms with van der Waals surface area (Å²) in [7, 11) is 3.57. The number of rotatable bonds is 6. The quantitative estimate of drug-likeness (QED) is 0.697. The average molecular weight is 390 g/mol. The zero-order valence-electron chi connectivity index (χ0n) is 16.8. The van der Waals surface area contributed by atoms with E-state index < -0.39 is 0 Å². The van der Waals surface area contributed by atoms with E-state index in [9.17, 15) is 4.79 Å². The molecule has 1 aliphatic heterocycles. The van der Waals surface area contributed by atoms with Gasteiger partial charge in [0.2, 0.25) is 5.91 Å². The molecule has 0 aliphatic carbocycles. The molecule has 1 N–H and O–H groups in total. The molecule has 6 nitrogen and oxygen atoms in total. The largest absolute Gasteiger partial charge is 0.497 e. The number of nitrogens with one attached hydrogen (secondary N) is 1. The maximum absolute atomic E-state index is 13.1. The van der Waals surface area contributed by atoms with Gasteiger partial charge in [-0.25, -0.2) is 0 Å². The molecule has 4 rings (SSSR count). The third-order valence-electron chi connectivity index (χ3n) is 5.40. The lowest BCUT2D eigenvalue weighted by molar-refractivity contribution is -0.120. The van der Waals surface area contributed by atoms with Crippen LogP contribution in [0.1, 0.15) is 18.4 Å². The number of likely N-dealkylation sites (tertiary alicyclic amines) is 1. The molecule has 6 heteroatoms. The lowest BCUT2D eigenvalue weighted by Gasteiger charge is -2.23. The third-order valence-corrected chi connectivity index (χ3v) is 5.40. The number of nitrogens with zero attached hydrogens (tertiary/aromatic N) is 3. The van der Waals surface area contributed by atoms with E-state index >= 15 is 0 Å². The Morgan fingerprint density at radius 3 is 2.72 bits per heavy atom. The Morgan fingerprint density at radius 1 is 1.21 bits per heavy atom. The van der Waals surface area contributed by atoms with Crippen molar-refractivity contribution in [3.8, 4) is 16.9 Å². The number of methoxy groups -OCH3 is 1. The highest BCUT2D eigenvalue weighted by atomic mass is 16.5. The second kappa shape index (κ2) is 8.49. The first-order chi connectivity index (χ1) is 14.1. The molecule has 2 aromatic carbocycles. The second-order valence-corrected chi connectivity index (χ2v) is 7.41. The van der Waals surface area contributed by atoms with E-state index in [1.807, 2.05) is 68.0 Å². The van der Waals surface area contributed by atoms with Crippen LogP contribution in [0.5, 0.6) is 5.75 Å². The molecule has 2 heterocycles. The van der Waals surface area contributed by atoms with E-state index in [2.05, 4.69) is 15.3 Å². The van der Waals surface area contributed by atoms with Crippen LogP contribution < -0.4 is 10.1 Å². The van der Waals surface area contributed by atoms with Crippen LogP contribution in [0.2, 0.25) is 0 Å². The number of carbonyl (C=O) groups excluding carboxylic acids is 1. The van der Waals surface area contributed by atoms with Gasteiger partial charge in [0.1, 0.15) is 5.75 Å². The number of hydrogen-bond acceptors (Lipinski definition) is 4. The van der Waals surface area contributed by atoms with Crippen LogP contribution in [0.25, 0.3) is 11.1 Å². The van der Waals surface area contributed by atoms with Crippen LogP contribution in [-0.4, -0.2) is 40.3 Å². The molecule has 3 aromatic rings. The summed E-state index contributed by atoms with van der Waals surface area (Å²) < 4.78 is 7.05. The smallest absolute Gasteiger partial charge is 0.241 e. The van der Waals surface area contributed by atoms with Crippen LogP contribution in [-0.2, 0) is 18.4 Å². The number of benzene rings is 2. The normalized spacial score (nSPS) is 16.7. The zero-order valence-corrected chi connectivity index (χ0v) is 16.8. The summed E-state index contributed by atoms with van der Waals surface area (Å²) in [5.41, 5.74) is 4.00. The Labute approximate surface area is 171 Å². The van der Waals surface area contributed by atoms with Crippen LogP contribution >= 0.6 is 0 Å². The summed E-state index contributed by atoms with van der Waals surface area (Å²) in [5.74, 6) is 0.861. The lowest BCUT2D eigenvalue weighted by Crippen LogP contribution is -2.39. The molecule has 1 aliphatic rings. The van der Waals surface area contributed by atoms with Gasteiger partial charge in [-0.2, -0.15) is 5.10 Å². The number of aromatic nitrogens is 2. The van der Waals surface area contributed by atoms with Crippen LogP contribution in [0.3, 0.4) is 0 Å². The molecule has 0 spiro atoms. The van der Waals surface area contributed by atoms with Crippen molar-refractivity contribution >= 4 is 11.6 Å². The van der Waals surface area contributed by atoms with Gasteiger partial charge < -0.3 is 10.1 Å². The minimum absolute atomic E-state index is 0.0485. The average Bonchev–Trinajstić information content (AvgIpc) is 3.37. The number of anilines is 1. The molecule has 0 bridgehead atoms. The highest BCUT2D eigenvalue weighted by molar-refractivity contribution is 5.98. The van der Waals surface area contributed by atoms with E-state index in [4.69, 9.17) is 4.74 Å². The van der Waals surface area contributed by atoms with Gasteiger partial charge in [0.15, 0.2) is 0 Å². The van der Waals surface area contributed by atoms with Gasteiger partial charge in [-0.15, -0.1) is 0 Å². The van der Waals surface area contributed by atoms with Crippen molar-refractivity contribution < 1.29 is 9.53 Å². The Hall–Kier alpha value is -3.12. The molecule has 1 saturated heterocycles. The number of carbonyl (C=O) groups is 1. The number of ether oxygens (including phenoxy) is 1. The Balaban J connectivity index is 1.50. The number of para-hydroxylation sites is 1.